The van der Waals surface area contributed by atoms with Crippen molar-refractivity contribution in [2.45, 2.75) is 38.7 Å². The minimum atomic E-state index is -0.406. The molecule has 2 N–H and O–H groups in total. The lowest BCUT2D eigenvalue weighted by Gasteiger charge is -2.33. The van der Waals surface area contributed by atoms with E-state index in [0.29, 0.717) is 55.8 Å². The number of rotatable bonds is 10. The average molecular weight is 630 g/mol. The van der Waals surface area contributed by atoms with Crippen LogP contribution in [0.5, 0.6) is 11.6 Å². The monoisotopic (exact) mass is 629 g/mol. The van der Waals surface area contributed by atoms with E-state index in [4.69, 9.17) is 19.3 Å². The van der Waals surface area contributed by atoms with Gasteiger partial charge in [-0.1, -0.05) is 45.0 Å². The Morgan fingerprint density at radius 1 is 1.07 bits per heavy atom. The third kappa shape index (κ3) is 7.93. The number of anilines is 2. The summed E-state index contributed by atoms with van der Waals surface area (Å²) in [7, 11) is 5.08. The van der Waals surface area contributed by atoms with E-state index in [-0.39, 0.29) is 17.4 Å². The number of fused-ring (bicyclic) bond motifs is 1. The smallest absolute Gasteiger partial charge is 0.324 e. The van der Waals surface area contributed by atoms with Crippen LogP contribution >= 0.6 is 0 Å². The molecule has 0 saturated carbocycles. The number of methoxy groups -OCH3 is 1. The Morgan fingerprint density at radius 3 is 2.54 bits per heavy atom. The normalized spacial score (nSPS) is 15.4. The first-order valence-corrected chi connectivity index (χ1v) is 15.4. The number of morpholine rings is 1. The van der Waals surface area contributed by atoms with Gasteiger partial charge < -0.3 is 24.4 Å². The summed E-state index contributed by atoms with van der Waals surface area (Å²) in [5, 5.41) is 12.5. The van der Waals surface area contributed by atoms with Crippen molar-refractivity contribution in [1.29, 1.82) is 0 Å². The van der Waals surface area contributed by atoms with Crippen molar-refractivity contribution in [2.75, 3.05) is 64.7 Å². The summed E-state index contributed by atoms with van der Waals surface area (Å²) in [6.07, 6.45) is 1.90. The van der Waals surface area contributed by atoms with E-state index in [1.807, 2.05) is 48.5 Å². The summed E-state index contributed by atoms with van der Waals surface area (Å²) in [5.41, 5.74) is 1.92. The number of ether oxygens (including phenoxy) is 3. The number of hydrogen-bond donors (Lipinski definition) is 2. The van der Waals surface area contributed by atoms with Crippen molar-refractivity contribution >= 4 is 34.2 Å². The highest BCUT2D eigenvalue weighted by molar-refractivity contribution is 6.07. The Bertz CT molecular complexity index is 1660. The van der Waals surface area contributed by atoms with Gasteiger partial charge in [0.2, 0.25) is 11.8 Å². The minimum Gasteiger partial charge on any atom is -0.492 e. The quantitative estimate of drug-likeness (QED) is 0.253. The number of pyridine rings is 1. The lowest BCUT2D eigenvalue weighted by Crippen LogP contribution is -2.45. The highest BCUT2D eigenvalue weighted by Crippen LogP contribution is 2.32. The first-order valence-electron chi connectivity index (χ1n) is 15.4. The van der Waals surface area contributed by atoms with E-state index >= 15 is 0 Å². The molecule has 0 radical (unpaired) electrons. The van der Waals surface area contributed by atoms with Gasteiger partial charge in [-0.2, -0.15) is 5.10 Å². The SMILES string of the molecule is COc1ccc(-n2nc(C(C)(C)C)cc2NC(=O)Nc2ccc(OCCN3CCOC(CC(=O)N(C)C)C3)c3ccccc23)cn1. The standard InChI is InChI=1S/C34H43N7O5/c1-34(2,3)29-20-30(41(38-29)23-11-14-31(44-6)35-21-23)37-33(43)36-27-12-13-28(26-10-8-7-9-25(26)27)46-18-16-40-15-17-45-24(22-40)19-32(42)39(4)5/h7-14,20-21,24H,15-19,22H2,1-6H3,(H2,36,37,43). The van der Waals surface area contributed by atoms with Crippen molar-refractivity contribution in [3.05, 3.63) is 66.5 Å². The molecule has 12 heteroatoms. The molecule has 1 aliphatic rings. The molecule has 2 aromatic carbocycles. The molecule has 0 spiro atoms. The topological polar surface area (TPSA) is 123 Å². The maximum Gasteiger partial charge on any atom is 0.324 e. The number of urea groups is 1. The fraction of sp³-hybridized carbons (Fsp3) is 0.412. The Hall–Kier alpha value is -4.68. The van der Waals surface area contributed by atoms with Crippen molar-refractivity contribution in [2.24, 2.45) is 0 Å². The number of carbonyl (C=O) groups is 2. The van der Waals surface area contributed by atoms with Crippen molar-refractivity contribution in [1.82, 2.24) is 24.6 Å². The fourth-order valence-electron chi connectivity index (χ4n) is 5.20. The second-order valence-electron chi connectivity index (χ2n) is 12.5. The molecule has 0 bridgehead atoms. The van der Waals surface area contributed by atoms with Crippen LogP contribution in [0.15, 0.2) is 60.8 Å². The molecular weight excluding hydrogens is 586 g/mol. The first-order chi connectivity index (χ1) is 22.0. The lowest BCUT2D eigenvalue weighted by molar-refractivity contribution is -0.133. The molecule has 3 heterocycles. The predicted molar refractivity (Wildman–Crippen MR) is 178 cm³/mol. The van der Waals surface area contributed by atoms with Gasteiger partial charge in [-0.15, -0.1) is 0 Å². The largest absolute Gasteiger partial charge is 0.492 e. The first kappa shape index (κ1) is 32.7. The molecule has 2 aromatic heterocycles. The summed E-state index contributed by atoms with van der Waals surface area (Å²) in [4.78, 5) is 33.6. The van der Waals surface area contributed by atoms with Crippen molar-refractivity contribution in [3.63, 3.8) is 0 Å². The summed E-state index contributed by atoms with van der Waals surface area (Å²) < 4.78 is 18.9. The maximum atomic E-state index is 13.4. The second kappa shape index (κ2) is 14.2. The fourth-order valence-corrected chi connectivity index (χ4v) is 5.20. The summed E-state index contributed by atoms with van der Waals surface area (Å²) in [6, 6.07) is 16.6. The molecule has 12 nitrogen and oxygen atoms in total. The molecule has 1 unspecified atom stereocenters. The van der Waals surface area contributed by atoms with Gasteiger partial charge in [0.05, 0.1) is 49.5 Å². The predicted octanol–water partition coefficient (Wildman–Crippen LogP) is 4.93. The summed E-state index contributed by atoms with van der Waals surface area (Å²) >= 11 is 0. The third-order valence-corrected chi connectivity index (χ3v) is 7.82. The number of nitrogens with zero attached hydrogens (tertiary/aromatic N) is 5. The van der Waals surface area contributed by atoms with Gasteiger partial charge >= 0.3 is 6.03 Å². The zero-order valence-corrected chi connectivity index (χ0v) is 27.4. The second-order valence-corrected chi connectivity index (χ2v) is 12.5. The summed E-state index contributed by atoms with van der Waals surface area (Å²) in [6.45, 7) is 9.46. The Morgan fingerprint density at radius 2 is 1.85 bits per heavy atom. The van der Waals surface area contributed by atoms with Crippen LogP contribution in [0.4, 0.5) is 16.3 Å². The number of nitrogens with one attached hydrogen (secondary N) is 2. The van der Waals surface area contributed by atoms with Gasteiger partial charge in [0, 0.05) is 62.0 Å². The molecule has 3 amide bonds. The molecule has 1 atom stereocenters. The molecular formula is C34H43N7O5. The van der Waals surface area contributed by atoms with Gasteiger partial charge in [-0.25, -0.2) is 14.5 Å². The van der Waals surface area contributed by atoms with E-state index in [9.17, 15) is 9.59 Å². The highest BCUT2D eigenvalue weighted by Gasteiger charge is 2.24. The maximum absolute atomic E-state index is 13.4. The van der Waals surface area contributed by atoms with Crippen LogP contribution in [0.3, 0.4) is 0 Å². The third-order valence-electron chi connectivity index (χ3n) is 7.82. The zero-order valence-electron chi connectivity index (χ0n) is 27.4. The van der Waals surface area contributed by atoms with Crippen LogP contribution in [-0.4, -0.2) is 96.7 Å². The Kier molecular flexibility index (Phi) is 10.1. The van der Waals surface area contributed by atoms with Crippen LogP contribution in [-0.2, 0) is 14.9 Å². The zero-order chi connectivity index (χ0) is 32.8. The van der Waals surface area contributed by atoms with Crippen LogP contribution in [0, 0.1) is 0 Å². The Balaban J connectivity index is 1.26. The molecule has 46 heavy (non-hydrogen) atoms. The number of aromatic nitrogens is 3. The van der Waals surface area contributed by atoms with Gasteiger partial charge in [-0.05, 0) is 18.2 Å². The molecule has 0 aliphatic carbocycles. The average Bonchev–Trinajstić information content (AvgIpc) is 3.46. The number of hydrogen-bond acceptors (Lipinski definition) is 8. The number of benzene rings is 2. The van der Waals surface area contributed by atoms with E-state index in [2.05, 4.69) is 41.3 Å². The lowest BCUT2D eigenvalue weighted by atomic mass is 9.92. The molecule has 1 saturated heterocycles. The number of amides is 3. The molecule has 1 aliphatic heterocycles. The van der Waals surface area contributed by atoms with Crippen LogP contribution < -0.4 is 20.1 Å². The van der Waals surface area contributed by atoms with E-state index in [1.54, 1.807) is 43.1 Å². The van der Waals surface area contributed by atoms with Gasteiger partial charge in [0.15, 0.2) is 0 Å². The van der Waals surface area contributed by atoms with Crippen LogP contribution in [0.25, 0.3) is 16.5 Å². The minimum absolute atomic E-state index is 0.0618. The van der Waals surface area contributed by atoms with Gasteiger partial charge in [-0.3, -0.25) is 15.0 Å². The van der Waals surface area contributed by atoms with E-state index < -0.39 is 6.03 Å². The van der Waals surface area contributed by atoms with Gasteiger partial charge in [0.1, 0.15) is 18.2 Å². The van der Waals surface area contributed by atoms with Gasteiger partial charge in [0.25, 0.3) is 0 Å². The van der Waals surface area contributed by atoms with E-state index in [1.165, 1.54) is 0 Å². The molecule has 1 fully saturated rings. The molecule has 244 valence electrons. The van der Waals surface area contributed by atoms with Crippen molar-refractivity contribution in [3.8, 4) is 17.3 Å². The highest BCUT2D eigenvalue weighted by atomic mass is 16.5. The molecule has 5 rings (SSSR count). The van der Waals surface area contributed by atoms with E-state index in [0.717, 1.165) is 28.8 Å². The van der Waals surface area contributed by atoms with Crippen molar-refractivity contribution < 1.29 is 23.8 Å². The van der Waals surface area contributed by atoms with Crippen LogP contribution in [0.1, 0.15) is 32.9 Å². The summed E-state index contributed by atoms with van der Waals surface area (Å²) in [5.74, 6) is 1.79. The van der Waals surface area contributed by atoms with Crippen LogP contribution in [0.2, 0.25) is 0 Å². The Labute approximate surface area is 269 Å². The molecule has 4 aromatic rings. The number of carbonyl (C=O) groups excluding carboxylic acids is 2.